The van der Waals surface area contributed by atoms with Crippen molar-refractivity contribution in [3.8, 4) is 0 Å². The minimum Gasteiger partial charge on any atom is -0.393 e. The first-order valence-electron chi connectivity index (χ1n) is 3.91. The number of amides is 1. The van der Waals surface area contributed by atoms with E-state index in [9.17, 15) is 4.79 Å². The van der Waals surface area contributed by atoms with E-state index < -0.39 is 0 Å². The van der Waals surface area contributed by atoms with Gasteiger partial charge in [0.15, 0.2) is 0 Å². The molecule has 66 valence electrons. The van der Waals surface area contributed by atoms with Gasteiger partial charge in [-0.2, -0.15) is 0 Å². The molecule has 0 bridgehead atoms. The van der Waals surface area contributed by atoms with Crippen LogP contribution in [0.25, 0.3) is 0 Å². The van der Waals surface area contributed by atoms with Crippen LogP contribution in [0.3, 0.4) is 0 Å². The lowest BCUT2D eigenvalue weighted by Gasteiger charge is -2.16. The van der Waals surface area contributed by atoms with Crippen LogP contribution >= 0.6 is 0 Å². The Kier molecular flexibility index (Phi) is 2.85. The molecular weight excluding hydrogens is 154 g/mol. The number of rotatable bonds is 1. The zero-order valence-electron chi connectivity index (χ0n) is 7.35. The lowest BCUT2D eigenvalue weighted by molar-refractivity contribution is -0.117. The van der Waals surface area contributed by atoms with Crippen LogP contribution in [-0.4, -0.2) is 32.3 Å². The molecule has 1 saturated heterocycles. The van der Waals surface area contributed by atoms with Crippen LogP contribution in [0.4, 0.5) is 0 Å². The lowest BCUT2D eigenvalue weighted by Crippen LogP contribution is -2.37. The van der Waals surface area contributed by atoms with Gasteiger partial charge in [-0.3, -0.25) is 9.79 Å². The molecule has 4 nitrogen and oxygen atoms in total. The van der Waals surface area contributed by atoms with Crippen LogP contribution in [0.2, 0.25) is 0 Å². The molecule has 12 heavy (non-hydrogen) atoms. The highest BCUT2D eigenvalue weighted by molar-refractivity contribution is 6.23. The van der Waals surface area contributed by atoms with Crippen LogP contribution in [0.15, 0.2) is 16.8 Å². The maximum absolute atomic E-state index is 11.3. The molecule has 1 fully saturated rings. The third kappa shape index (κ3) is 1.64. The molecule has 0 saturated carbocycles. The van der Waals surface area contributed by atoms with Gasteiger partial charge in [0.05, 0.1) is 11.3 Å². The van der Waals surface area contributed by atoms with E-state index >= 15 is 0 Å². The summed E-state index contributed by atoms with van der Waals surface area (Å²) in [7, 11) is 3.47. The monoisotopic (exact) mass is 167 g/mol. The summed E-state index contributed by atoms with van der Waals surface area (Å²) in [6.45, 7) is 0.687. The van der Waals surface area contributed by atoms with Crippen molar-refractivity contribution in [3.05, 3.63) is 11.8 Å². The number of nitrogens with zero attached hydrogens (tertiary/aromatic N) is 1. The highest BCUT2D eigenvalue weighted by atomic mass is 16.1. The quantitative estimate of drug-likeness (QED) is 0.526. The summed E-state index contributed by atoms with van der Waals surface area (Å²) in [5.74, 6) is -0.0452. The summed E-state index contributed by atoms with van der Waals surface area (Å²) >= 11 is 0. The van der Waals surface area contributed by atoms with E-state index in [4.69, 9.17) is 0 Å². The fourth-order valence-corrected chi connectivity index (χ4v) is 1.18. The van der Waals surface area contributed by atoms with Crippen molar-refractivity contribution in [2.75, 3.05) is 20.6 Å². The Morgan fingerprint density at radius 1 is 1.67 bits per heavy atom. The summed E-state index contributed by atoms with van der Waals surface area (Å²) in [4.78, 5) is 15.3. The van der Waals surface area contributed by atoms with Gasteiger partial charge in [-0.15, -0.1) is 0 Å². The predicted octanol–water partition coefficient (Wildman–Crippen LogP) is -0.320. The topological polar surface area (TPSA) is 53.5 Å². The molecule has 0 atom stereocenters. The Morgan fingerprint density at radius 2 is 2.42 bits per heavy atom. The van der Waals surface area contributed by atoms with Gasteiger partial charge in [-0.1, -0.05) is 0 Å². The number of aliphatic imine (C=N–C) groups is 1. The van der Waals surface area contributed by atoms with E-state index in [1.165, 1.54) is 0 Å². The Labute approximate surface area is 71.8 Å². The van der Waals surface area contributed by atoms with Crippen molar-refractivity contribution in [2.45, 2.75) is 6.42 Å². The average molecular weight is 167 g/mol. The fourth-order valence-electron chi connectivity index (χ4n) is 1.18. The minimum atomic E-state index is -0.0452. The van der Waals surface area contributed by atoms with Crippen molar-refractivity contribution in [3.63, 3.8) is 0 Å². The van der Waals surface area contributed by atoms with Gasteiger partial charge in [0, 0.05) is 33.3 Å². The third-order valence-corrected chi connectivity index (χ3v) is 1.76. The van der Waals surface area contributed by atoms with Gasteiger partial charge in [0.25, 0.3) is 5.91 Å². The number of hydrogen-bond donors (Lipinski definition) is 2. The molecule has 0 spiro atoms. The van der Waals surface area contributed by atoms with E-state index in [0.717, 1.165) is 12.1 Å². The Morgan fingerprint density at radius 3 is 3.00 bits per heavy atom. The molecule has 0 unspecified atom stereocenters. The normalized spacial score (nSPS) is 24.3. The highest BCUT2D eigenvalue weighted by Crippen LogP contribution is 2.06. The fraction of sp³-hybridized carbons (Fsp3) is 0.500. The molecule has 0 radical (unpaired) electrons. The summed E-state index contributed by atoms with van der Waals surface area (Å²) in [6, 6.07) is 0. The molecule has 0 aromatic heterocycles. The van der Waals surface area contributed by atoms with Crippen molar-refractivity contribution < 1.29 is 4.79 Å². The molecule has 0 aromatic rings. The molecule has 1 heterocycles. The van der Waals surface area contributed by atoms with Crippen molar-refractivity contribution in [1.82, 2.24) is 10.6 Å². The second-order valence-electron chi connectivity index (χ2n) is 2.52. The van der Waals surface area contributed by atoms with Gasteiger partial charge in [-0.05, 0) is 0 Å². The summed E-state index contributed by atoms with van der Waals surface area (Å²) in [5.41, 5.74) is 1.51. The summed E-state index contributed by atoms with van der Waals surface area (Å²) in [6.07, 6.45) is 2.49. The largest absolute Gasteiger partial charge is 0.393 e. The van der Waals surface area contributed by atoms with Crippen LogP contribution in [0, 0.1) is 0 Å². The average Bonchev–Trinajstić information content (AvgIpc) is 2.09. The molecule has 0 aliphatic carbocycles. The van der Waals surface area contributed by atoms with Gasteiger partial charge in [-0.25, -0.2) is 0 Å². The first kappa shape index (κ1) is 8.77. The van der Waals surface area contributed by atoms with Crippen molar-refractivity contribution >= 4 is 11.6 Å². The minimum absolute atomic E-state index is 0.0452. The number of carbonyl (C=O) groups is 1. The zero-order chi connectivity index (χ0) is 8.97. The van der Waals surface area contributed by atoms with Gasteiger partial charge in [0.2, 0.25) is 0 Å². The molecule has 1 aliphatic heterocycles. The van der Waals surface area contributed by atoms with Crippen LogP contribution in [0.1, 0.15) is 6.42 Å². The highest BCUT2D eigenvalue weighted by Gasteiger charge is 2.19. The van der Waals surface area contributed by atoms with E-state index in [-0.39, 0.29) is 5.91 Å². The van der Waals surface area contributed by atoms with Crippen molar-refractivity contribution in [2.24, 2.45) is 4.99 Å². The Hall–Kier alpha value is -1.32. The molecule has 0 aromatic carbocycles. The first-order chi connectivity index (χ1) is 5.79. The summed E-state index contributed by atoms with van der Waals surface area (Å²) in [5, 5.41) is 5.58. The lowest BCUT2D eigenvalue weighted by atomic mass is 10.0. The first-order valence-corrected chi connectivity index (χ1v) is 3.91. The van der Waals surface area contributed by atoms with E-state index in [0.29, 0.717) is 12.1 Å². The Balaban J connectivity index is 2.88. The van der Waals surface area contributed by atoms with Crippen LogP contribution in [0.5, 0.6) is 0 Å². The zero-order valence-corrected chi connectivity index (χ0v) is 7.35. The van der Waals surface area contributed by atoms with Crippen LogP contribution in [-0.2, 0) is 4.79 Å². The maximum atomic E-state index is 11.3. The molecule has 1 amide bonds. The Bertz CT molecular complexity index is 243. The second kappa shape index (κ2) is 3.90. The van der Waals surface area contributed by atoms with Gasteiger partial charge in [0.1, 0.15) is 0 Å². The van der Waals surface area contributed by atoms with Gasteiger partial charge < -0.3 is 10.6 Å². The molecule has 1 aliphatic rings. The molecular formula is C8H13N3O. The number of hydrogen-bond acceptors (Lipinski definition) is 3. The second-order valence-corrected chi connectivity index (χ2v) is 2.52. The van der Waals surface area contributed by atoms with E-state index in [2.05, 4.69) is 15.6 Å². The third-order valence-electron chi connectivity index (χ3n) is 1.76. The SMILES string of the molecule is C/N=C1/CCNC(=O)/C1=C/NC. The molecule has 4 heteroatoms. The maximum Gasteiger partial charge on any atom is 0.254 e. The number of carbonyl (C=O) groups excluding carboxylic acids is 1. The summed E-state index contributed by atoms with van der Waals surface area (Å²) < 4.78 is 0. The molecule has 1 rings (SSSR count). The number of nitrogens with one attached hydrogen (secondary N) is 2. The van der Waals surface area contributed by atoms with Gasteiger partial charge >= 0.3 is 0 Å². The van der Waals surface area contributed by atoms with Crippen LogP contribution < -0.4 is 10.6 Å². The van der Waals surface area contributed by atoms with E-state index in [1.807, 2.05) is 0 Å². The van der Waals surface area contributed by atoms with Crippen molar-refractivity contribution in [1.29, 1.82) is 0 Å². The smallest absolute Gasteiger partial charge is 0.254 e. The standard InChI is InChI=1S/C8H13N3O/c1-9-5-6-7(10-2)3-4-11-8(6)12/h5,9H,3-4H2,1-2H3,(H,11,12)/b6-5+,10-7-. The van der Waals surface area contributed by atoms with E-state index in [1.54, 1.807) is 20.3 Å². The predicted molar refractivity (Wildman–Crippen MR) is 48.1 cm³/mol. The molecule has 2 N–H and O–H groups in total. The number of piperidine rings is 1.